The van der Waals surface area contributed by atoms with Crippen LogP contribution in [0.25, 0.3) is 22.6 Å². The number of anilines is 1. The first-order valence-electron chi connectivity index (χ1n) is 7.16. The van der Waals surface area contributed by atoms with Crippen molar-refractivity contribution in [1.29, 1.82) is 0 Å². The summed E-state index contributed by atoms with van der Waals surface area (Å²) in [6.45, 7) is 0. The molecule has 0 aliphatic carbocycles. The van der Waals surface area contributed by atoms with Gasteiger partial charge in [0.05, 0.1) is 12.7 Å². The van der Waals surface area contributed by atoms with Crippen LogP contribution in [0.4, 0.5) is 19.1 Å². The highest BCUT2D eigenvalue weighted by Gasteiger charge is 2.39. The smallest absolute Gasteiger partial charge is 0.434 e. The summed E-state index contributed by atoms with van der Waals surface area (Å²) in [5, 5.41) is 3.75. The third-order valence-corrected chi connectivity index (χ3v) is 3.45. The lowest BCUT2D eigenvalue weighted by Crippen LogP contribution is -2.13. The van der Waals surface area contributed by atoms with Crippen LogP contribution in [0.1, 0.15) is 16.1 Å². The zero-order valence-electron chi connectivity index (χ0n) is 13.2. The fourth-order valence-corrected chi connectivity index (χ4v) is 2.34. The summed E-state index contributed by atoms with van der Waals surface area (Å²) in [7, 11) is 1.10. The van der Waals surface area contributed by atoms with E-state index < -0.39 is 35.1 Å². The largest absolute Gasteiger partial charge is 0.465 e. The van der Waals surface area contributed by atoms with E-state index in [1.54, 1.807) is 30.3 Å². The molecular weight excluding hydrogens is 353 g/mol. The zero-order valence-corrected chi connectivity index (χ0v) is 13.2. The van der Waals surface area contributed by atoms with Crippen molar-refractivity contribution in [3.05, 3.63) is 47.8 Å². The number of rotatable bonds is 3. The molecule has 0 fully saturated rings. The topological polar surface area (TPSA) is 104 Å². The van der Waals surface area contributed by atoms with Crippen LogP contribution in [0, 0.1) is 0 Å². The first-order chi connectivity index (χ1) is 12.3. The van der Waals surface area contributed by atoms with E-state index in [2.05, 4.69) is 19.9 Å². The van der Waals surface area contributed by atoms with E-state index in [9.17, 15) is 18.0 Å². The lowest BCUT2D eigenvalue weighted by Gasteiger charge is -2.10. The maximum absolute atomic E-state index is 13.3. The Hall–Kier alpha value is -3.43. The molecule has 3 aromatic rings. The van der Waals surface area contributed by atoms with Crippen molar-refractivity contribution >= 4 is 11.9 Å². The van der Waals surface area contributed by atoms with Gasteiger partial charge in [0.25, 0.3) is 0 Å². The molecular formula is C16H11F3N4O3. The van der Waals surface area contributed by atoms with Gasteiger partial charge in [0, 0.05) is 11.8 Å². The maximum Gasteiger partial charge on any atom is 0.434 e. The van der Waals surface area contributed by atoms with Crippen LogP contribution in [-0.2, 0) is 10.9 Å². The van der Waals surface area contributed by atoms with Crippen LogP contribution in [0.5, 0.6) is 0 Å². The normalized spacial score (nSPS) is 11.4. The number of aromatic nitrogens is 3. The van der Waals surface area contributed by atoms with E-state index in [4.69, 9.17) is 10.3 Å². The molecule has 0 bridgehead atoms. The molecule has 0 spiro atoms. The standard InChI is InChI=1S/C16H11F3N4O3/c1-25-14(24)10-11(8-5-3-2-4-6-8)23-26-12(10)9-7-21-15(20)22-13(9)16(17,18)19/h2-7H,1H3,(H2,20,21,22). The number of esters is 1. The van der Waals surface area contributed by atoms with Gasteiger partial charge >= 0.3 is 12.1 Å². The minimum absolute atomic E-state index is 0.0393. The van der Waals surface area contributed by atoms with Gasteiger partial charge in [-0.1, -0.05) is 35.5 Å². The van der Waals surface area contributed by atoms with Gasteiger partial charge in [-0.25, -0.2) is 14.8 Å². The van der Waals surface area contributed by atoms with Gasteiger partial charge in [-0.15, -0.1) is 0 Å². The third kappa shape index (κ3) is 3.08. The molecule has 0 aliphatic heterocycles. The number of hydrogen-bond donors (Lipinski definition) is 1. The Labute approximate surface area is 144 Å². The fraction of sp³-hybridized carbons (Fsp3) is 0.125. The van der Waals surface area contributed by atoms with E-state index in [0.29, 0.717) is 5.56 Å². The summed E-state index contributed by atoms with van der Waals surface area (Å²) >= 11 is 0. The minimum Gasteiger partial charge on any atom is -0.465 e. The maximum atomic E-state index is 13.3. The van der Waals surface area contributed by atoms with Gasteiger partial charge in [-0.3, -0.25) is 0 Å². The summed E-state index contributed by atoms with van der Waals surface area (Å²) in [5.74, 6) is -1.93. The van der Waals surface area contributed by atoms with Crippen LogP contribution in [0.2, 0.25) is 0 Å². The van der Waals surface area contributed by atoms with Crippen LogP contribution >= 0.6 is 0 Å². The van der Waals surface area contributed by atoms with Crippen molar-refractivity contribution in [1.82, 2.24) is 15.1 Å². The Morgan fingerprint density at radius 1 is 1.23 bits per heavy atom. The molecule has 0 unspecified atom stereocenters. The predicted molar refractivity (Wildman–Crippen MR) is 83.7 cm³/mol. The number of carbonyl (C=O) groups excluding carboxylic acids is 1. The summed E-state index contributed by atoms with van der Waals surface area (Å²) < 4.78 is 49.7. The number of nitrogens with zero attached hydrogens (tertiary/aromatic N) is 3. The van der Waals surface area contributed by atoms with Gasteiger partial charge in [-0.05, 0) is 0 Å². The number of benzene rings is 1. The van der Waals surface area contributed by atoms with Crippen molar-refractivity contribution in [3.8, 4) is 22.6 Å². The van der Waals surface area contributed by atoms with Crippen LogP contribution in [-0.4, -0.2) is 28.2 Å². The molecule has 26 heavy (non-hydrogen) atoms. The molecule has 2 N–H and O–H groups in total. The molecule has 2 heterocycles. The molecule has 0 aliphatic rings. The number of nitrogens with two attached hydrogens (primary N) is 1. The summed E-state index contributed by atoms with van der Waals surface area (Å²) in [5.41, 5.74) is 3.59. The SMILES string of the molecule is COC(=O)c1c(-c2ccccc2)noc1-c1cnc(N)nc1C(F)(F)F. The number of carbonyl (C=O) groups is 1. The Kier molecular flexibility index (Phi) is 4.33. The molecule has 0 saturated carbocycles. The third-order valence-electron chi connectivity index (χ3n) is 3.45. The number of ether oxygens (including phenoxy) is 1. The van der Waals surface area contributed by atoms with Gasteiger partial charge in [-0.2, -0.15) is 13.2 Å². The molecule has 1 aromatic carbocycles. The molecule has 7 nitrogen and oxygen atoms in total. The second-order valence-corrected chi connectivity index (χ2v) is 5.08. The average Bonchev–Trinajstić information content (AvgIpc) is 3.06. The van der Waals surface area contributed by atoms with Crippen LogP contribution < -0.4 is 5.73 Å². The fourth-order valence-electron chi connectivity index (χ4n) is 2.34. The molecule has 134 valence electrons. The Balaban J connectivity index is 2.28. The first-order valence-corrected chi connectivity index (χ1v) is 7.16. The zero-order chi connectivity index (χ0) is 18.9. The Morgan fingerprint density at radius 2 is 1.92 bits per heavy atom. The summed E-state index contributed by atoms with van der Waals surface area (Å²) in [6.07, 6.45) is -4.02. The van der Waals surface area contributed by atoms with Gasteiger partial charge in [0.15, 0.2) is 11.5 Å². The number of nitrogen functional groups attached to an aromatic ring is 1. The number of alkyl halides is 3. The Morgan fingerprint density at radius 3 is 2.54 bits per heavy atom. The van der Waals surface area contributed by atoms with Gasteiger partial charge in [0.2, 0.25) is 5.95 Å². The predicted octanol–water partition coefficient (Wildman–Crippen LogP) is 3.19. The van der Waals surface area contributed by atoms with Crippen molar-refractivity contribution in [2.75, 3.05) is 12.8 Å². The number of hydrogen-bond acceptors (Lipinski definition) is 7. The summed E-state index contributed by atoms with van der Waals surface area (Å²) in [6, 6.07) is 8.34. The lowest BCUT2D eigenvalue weighted by atomic mass is 10.0. The molecule has 0 radical (unpaired) electrons. The molecule has 3 rings (SSSR count). The Bertz CT molecular complexity index is 955. The highest BCUT2D eigenvalue weighted by atomic mass is 19.4. The number of halogens is 3. The van der Waals surface area contributed by atoms with E-state index in [0.717, 1.165) is 13.3 Å². The first kappa shape index (κ1) is 17.4. The molecule has 0 amide bonds. The van der Waals surface area contributed by atoms with Crippen LogP contribution in [0.15, 0.2) is 41.1 Å². The highest BCUT2D eigenvalue weighted by molar-refractivity contribution is 6.01. The molecule has 0 saturated heterocycles. The van der Waals surface area contributed by atoms with Crippen LogP contribution in [0.3, 0.4) is 0 Å². The van der Waals surface area contributed by atoms with E-state index in [1.807, 2.05) is 0 Å². The monoisotopic (exact) mass is 364 g/mol. The van der Waals surface area contributed by atoms with E-state index in [1.165, 1.54) is 0 Å². The highest BCUT2D eigenvalue weighted by Crippen LogP contribution is 2.39. The minimum atomic E-state index is -4.85. The molecule has 2 aromatic heterocycles. The molecule has 10 heteroatoms. The average molecular weight is 364 g/mol. The lowest BCUT2D eigenvalue weighted by molar-refractivity contribution is -0.140. The van der Waals surface area contributed by atoms with Crippen molar-refractivity contribution < 1.29 is 27.2 Å². The van der Waals surface area contributed by atoms with Gasteiger partial charge < -0.3 is 15.0 Å². The van der Waals surface area contributed by atoms with Crippen molar-refractivity contribution in [3.63, 3.8) is 0 Å². The second kappa shape index (κ2) is 6.47. The quantitative estimate of drug-likeness (QED) is 0.712. The summed E-state index contributed by atoms with van der Waals surface area (Å²) in [4.78, 5) is 19.0. The van der Waals surface area contributed by atoms with Gasteiger partial charge in [0.1, 0.15) is 11.3 Å². The van der Waals surface area contributed by atoms with Crippen molar-refractivity contribution in [2.45, 2.75) is 6.18 Å². The van der Waals surface area contributed by atoms with Crippen molar-refractivity contribution in [2.24, 2.45) is 0 Å². The van der Waals surface area contributed by atoms with E-state index in [-0.39, 0.29) is 11.3 Å². The van der Waals surface area contributed by atoms with E-state index >= 15 is 0 Å². The second-order valence-electron chi connectivity index (χ2n) is 5.08. The number of methoxy groups -OCH3 is 1. The molecule has 0 atom stereocenters.